The van der Waals surface area contributed by atoms with Crippen molar-refractivity contribution in [2.45, 2.75) is 6.10 Å². The van der Waals surface area contributed by atoms with E-state index in [1.807, 2.05) is 24.3 Å². The van der Waals surface area contributed by atoms with Crippen LogP contribution < -0.4 is 24.3 Å². The molecular formula is C18H18ClNO5. The highest BCUT2D eigenvalue weighted by Gasteiger charge is 2.22. The van der Waals surface area contributed by atoms with Crippen LogP contribution in [0.2, 0.25) is 5.02 Å². The zero-order valence-corrected chi connectivity index (χ0v) is 14.6. The standard InChI is InChI=1S/C18H18ClNO5/c1-22-16-8-11(7-13(19)17(16)23-2)18(21)20-9-12-10-24-14-5-3-4-6-15(14)25-12/h3-8,12H,9-10H2,1-2H3,(H,20,21). The van der Waals surface area contributed by atoms with Gasteiger partial charge in [0.15, 0.2) is 23.0 Å². The van der Waals surface area contributed by atoms with Gasteiger partial charge in [0.2, 0.25) is 0 Å². The number of benzene rings is 2. The molecule has 1 N–H and O–H groups in total. The summed E-state index contributed by atoms with van der Waals surface area (Å²) in [5.74, 6) is 1.87. The summed E-state index contributed by atoms with van der Waals surface area (Å²) in [7, 11) is 2.97. The van der Waals surface area contributed by atoms with Crippen molar-refractivity contribution in [2.24, 2.45) is 0 Å². The lowest BCUT2D eigenvalue weighted by atomic mass is 10.1. The van der Waals surface area contributed by atoms with Crippen molar-refractivity contribution >= 4 is 17.5 Å². The Hall–Kier alpha value is -2.60. The number of nitrogens with one attached hydrogen (secondary N) is 1. The van der Waals surface area contributed by atoms with Gasteiger partial charge in [0.25, 0.3) is 5.91 Å². The van der Waals surface area contributed by atoms with Gasteiger partial charge in [-0.15, -0.1) is 0 Å². The van der Waals surface area contributed by atoms with Gasteiger partial charge in [-0.2, -0.15) is 0 Å². The first kappa shape index (κ1) is 17.2. The molecular weight excluding hydrogens is 346 g/mol. The van der Waals surface area contributed by atoms with Crippen LogP contribution in [-0.4, -0.2) is 39.4 Å². The van der Waals surface area contributed by atoms with E-state index in [2.05, 4.69) is 5.32 Å². The smallest absolute Gasteiger partial charge is 0.251 e. The number of halogens is 1. The fourth-order valence-corrected chi connectivity index (χ4v) is 2.81. The molecule has 0 bridgehead atoms. The summed E-state index contributed by atoms with van der Waals surface area (Å²) in [4.78, 5) is 12.4. The number of hydrogen-bond donors (Lipinski definition) is 1. The summed E-state index contributed by atoms with van der Waals surface area (Å²) in [6.45, 7) is 0.670. The monoisotopic (exact) mass is 363 g/mol. The maximum Gasteiger partial charge on any atom is 0.251 e. The van der Waals surface area contributed by atoms with E-state index in [0.717, 1.165) is 0 Å². The van der Waals surface area contributed by atoms with E-state index in [0.29, 0.717) is 46.7 Å². The molecule has 0 saturated carbocycles. The minimum atomic E-state index is -0.287. The normalized spacial score (nSPS) is 15.4. The lowest BCUT2D eigenvalue weighted by Gasteiger charge is -2.26. The second-order valence-corrected chi connectivity index (χ2v) is 5.81. The van der Waals surface area contributed by atoms with Crippen molar-refractivity contribution in [1.82, 2.24) is 5.32 Å². The Morgan fingerprint density at radius 3 is 2.72 bits per heavy atom. The second-order valence-electron chi connectivity index (χ2n) is 5.40. The van der Waals surface area contributed by atoms with Crippen molar-refractivity contribution in [2.75, 3.05) is 27.4 Å². The summed E-state index contributed by atoms with van der Waals surface area (Å²) in [5.41, 5.74) is 0.375. The predicted octanol–water partition coefficient (Wildman–Crippen LogP) is 2.93. The van der Waals surface area contributed by atoms with Crippen LogP contribution in [0.15, 0.2) is 36.4 Å². The zero-order chi connectivity index (χ0) is 17.8. The highest BCUT2D eigenvalue weighted by molar-refractivity contribution is 6.32. The molecule has 1 heterocycles. The molecule has 0 spiro atoms. The van der Waals surface area contributed by atoms with Gasteiger partial charge in [0.1, 0.15) is 12.7 Å². The molecule has 0 aliphatic carbocycles. The largest absolute Gasteiger partial charge is 0.493 e. The van der Waals surface area contributed by atoms with Crippen LogP contribution in [0.5, 0.6) is 23.0 Å². The number of fused-ring (bicyclic) bond motifs is 1. The van der Waals surface area contributed by atoms with Crippen LogP contribution >= 0.6 is 11.6 Å². The number of para-hydroxylation sites is 2. The average molecular weight is 364 g/mol. The maximum absolute atomic E-state index is 12.4. The van der Waals surface area contributed by atoms with E-state index in [1.54, 1.807) is 6.07 Å². The third-order valence-electron chi connectivity index (χ3n) is 3.75. The lowest BCUT2D eigenvalue weighted by Crippen LogP contribution is -2.40. The van der Waals surface area contributed by atoms with E-state index in [4.69, 9.17) is 30.5 Å². The SMILES string of the molecule is COc1cc(C(=O)NCC2COc3ccccc3O2)cc(Cl)c1OC. The first-order valence-electron chi connectivity index (χ1n) is 7.70. The van der Waals surface area contributed by atoms with Crippen LogP contribution in [-0.2, 0) is 0 Å². The molecule has 2 aromatic carbocycles. The molecule has 0 fully saturated rings. The van der Waals surface area contributed by atoms with Gasteiger partial charge in [-0.1, -0.05) is 23.7 Å². The summed E-state index contributed by atoms with van der Waals surface area (Å²) in [6, 6.07) is 10.5. The fourth-order valence-electron chi connectivity index (χ4n) is 2.52. The van der Waals surface area contributed by atoms with E-state index in [9.17, 15) is 4.79 Å². The lowest BCUT2D eigenvalue weighted by molar-refractivity contribution is 0.0789. The third-order valence-corrected chi connectivity index (χ3v) is 4.03. The van der Waals surface area contributed by atoms with Gasteiger partial charge in [-0.25, -0.2) is 0 Å². The van der Waals surface area contributed by atoms with Crippen molar-refractivity contribution < 1.29 is 23.7 Å². The summed E-state index contributed by atoms with van der Waals surface area (Å²) in [5, 5.41) is 3.12. The highest BCUT2D eigenvalue weighted by atomic mass is 35.5. The van der Waals surface area contributed by atoms with E-state index >= 15 is 0 Å². The van der Waals surface area contributed by atoms with Gasteiger partial charge in [-0.3, -0.25) is 4.79 Å². The zero-order valence-electron chi connectivity index (χ0n) is 13.9. The Balaban J connectivity index is 1.65. The Bertz CT molecular complexity index is 780. The van der Waals surface area contributed by atoms with Gasteiger partial charge in [0, 0.05) is 5.56 Å². The molecule has 0 radical (unpaired) electrons. The number of carbonyl (C=O) groups excluding carboxylic acids is 1. The molecule has 132 valence electrons. The molecule has 1 atom stereocenters. The Morgan fingerprint density at radius 1 is 1.24 bits per heavy atom. The number of hydrogen-bond acceptors (Lipinski definition) is 5. The fraction of sp³-hybridized carbons (Fsp3) is 0.278. The number of amides is 1. The maximum atomic E-state index is 12.4. The first-order chi connectivity index (χ1) is 12.1. The van der Waals surface area contributed by atoms with Crippen molar-refractivity contribution in [3.05, 3.63) is 47.0 Å². The second kappa shape index (κ2) is 7.53. The Morgan fingerprint density at radius 2 is 2.00 bits per heavy atom. The molecule has 1 unspecified atom stereocenters. The quantitative estimate of drug-likeness (QED) is 0.884. The number of rotatable bonds is 5. The van der Waals surface area contributed by atoms with Crippen LogP contribution in [0.1, 0.15) is 10.4 Å². The van der Waals surface area contributed by atoms with Crippen molar-refractivity contribution in [1.29, 1.82) is 0 Å². The summed E-state index contributed by atoms with van der Waals surface area (Å²) in [6.07, 6.45) is -0.269. The first-order valence-corrected chi connectivity index (χ1v) is 8.08. The number of methoxy groups -OCH3 is 2. The van der Waals surface area contributed by atoms with Crippen molar-refractivity contribution in [3.63, 3.8) is 0 Å². The number of ether oxygens (including phenoxy) is 4. The van der Waals surface area contributed by atoms with Gasteiger partial charge in [0.05, 0.1) is 25.8 Å². The van der Waals surface area contributed by atoms with Crippen LogP contribution in [0.4, 0.5) is 0 Å². The number of carbonyl (C=O) groups is 1. The molecule has 0 aromatic heterocycles. The molecule has 7 heteroatoms. The minimum Gasteiger partial charge on any atom is -0.493 e. The Labute approximate surface area is 150 Å². The molecule has 2 aromatic rings. The Kier molecular flexibility index (Phi) is 5.19. The molecule has 25 heavy (non-hydrogen) atoms. The van der Waals surface area contributed by atoms with E-state index in [1.165, 1.54) is 20.3 Å². The van der Waals surface area contributed by atoms with Crippen LogP contribution in [0.3, 0.4) is 0 Å². The highest BCUT2D eigenvalue weighted by Crippen LogP contribution is 2.36. The van der Waals surface area contributed by atoms with E-state index < -0.39 is 0 Å². The van der Waals surface area contributed by atoms with Crippen LogP contribution in [0.25, 0.3) is 0 Å². The molecule has 6 nitrogen and oxygen atoms in total. The summed E-state index contributed by atoms with van der Waals surface area (Å²) >= 11 is 6.13. The van der Waals surface area contributed by atoms with Crippen molar-refractivity contribution in [3.8, 4) is 23.0 Å². The predicted molar refractivity (Wildman–Crippen MR) is 93.2 cm³/mol. The van der Waals surface area contributed by atoms with Gasteiger partial charge >= 0.3 is 0 Å². The van der Waals surface area contributed by atoms with Crippen LogP contribution in [0, 0.1) is 0 Å². The molecule has 0 saturated heterocycles. The molecule has 1 aliphatic rings. The van der Waals surface area contributed by atoms with Gasteiger partial charge in [-0.05, 0) is 24.3 Å². The minimum absolute atomic E-state index is 0.269. The average Bonchev–Trinajstić information content (AvgIpc) is 2.65. The summed E-state index contributed by atoms with van der Waals surface area (Å²) < 4.78 is 21.8. The molecule has 3 rings (SSSR count). The third kappa shape index (κ3) is 3.74. The van der Waals surface area contributed by atoms with Gasteiger partial charge < -0.3 is 24.3 Å². The van der Waals surface area contributed by atoms with E-state index in [-0.39, 0.29) is 12.0 Å². The topological polar surface area (TPSA) is 66.0 Å². The molecule has 1 amide bonds. The molecule has 1 aliphatic heterocycles.